The summed E-state index contributed by atoms with van der Waals surface area (Å²) in [5.74, 6) is -1.62. The summed E-state index contributed by atoms with van der Waals surface area (Å²) in [6, 6.07) is 7.68. The number of carboxylic acid groups (broad SMARTS) is 1. The number of amides is 1. The molecule has 0 saturated heterocycles. The van der Waals surface area contributed by atoms with Gasteiger partial charge < -0.3 is 10.4 Å². The molecule has 1 amide bonds. The molecule has 1 aromatic heterocycles. The molecular formula is C15H12ClNO4S. The topological polar surface area (TPSA) is 83.5 Å². The van der Waals surface area contributed by atoms with Crippen LogP contribution < -0.4 is 5.32 Å². The van der Waals surface area contributed by atoms with Gasteiger partial charge in [-0.05, 0) is 29.6 Å². The lowest BCUT2D eigenvalue weighted by Gasteiger charge is -2.07. The summed E-state index contributed by atoms with van der Waals surface area (Å²) in [5, 5.41) is 13.4. The van der Waals surface area contributed by atoms with Crippen molar-refractivity contribution in [3.05, 3.63) is 51.2 Å². The summed E-state index contributed by atoms with van der Waals surface area (Å²) in [7, 11) is 0. The first-order valence-electron chi connectivity index (χ1n) is 6.37. The van der Waals surface area contributed by atoms with Crippen LogP contribution in [-0.2, 0) is 4.79 Å². The second-order valence-electron chi connectivity index (χ2n) is 4.45. The number of hydrogen-bond donors (Lipinski definition) is 2. The fourth-order valence-electron chi connectivity index (χ4n) is 1.78. The van der Waals surface area contributed by atoms with Crippen molar-refractivity contribution in [1.29, 1.82) is 0 Å². The minimum atomic E-state index is -1.17. The molecule has 0 aliphatic carbocycles. The molecule has 1 aromatic carbocycles. The highest BCUT2D eigenvalue weighted by Crippen LogP contribution is 2.21. The molecule has 0 aliphatic rings. The maximum Gasteiger partial charge on any atom is 0.337 e. The van der Waals surface area contributed by atoms with Gasteiger partial charge in [0.25, 0.3) is 0 Å². The SMILES string of the molecule is O=C(CCC(=O)c1cccs1)Nc1ccc(Cl)c(C(=O)O)c1. The fourth-order valence-corrected chi connectivity index (χ4v) is 2.67. The van der Waals surface area contributed by atoms with E-state index in [1.165, 1.54) is 29.5 Å². The molecule has 1 heterocycles. The average Bonchev–Trinajstić information content (AvgIpc) is 3.01. The van der Waals surface area contributed by atoms with Gasteiger partial charge in [0.1, 0.15) is 0 Å². The van der Waals surface area contributed by atoms with Crippen LogP contribution in [0.25, 0.3) is 0 Å². The number of thiophene rings is 1. The molecule has 5 nitrogen and oxygen atoms in total. The van der Waals surface area contributed by atoms with Gasteiger partial charge >= 0.3 is 5.97 Å². The molecule has 0 bridgehead atoms. The number of nitrogens with one attached hydrogen (secondary N) is 1. The smallest absolute Gasteiger partial charge is 0.337 e. The summed E-state index contributed by atoms with van der Waals surface area (Å²) >= 11 is 7.08. The lowest BCUT2D eigenvalue weighted by Crippen LogP contribution is -2.13. The molecule has 0 aliphatic heterocycles. The van der Waals surface area contributed by atoms with Gasteiger partial charge in [-0.25, -0.2) is 4.79 Å². The highest BCUT2D eigenvalue weighted by atomic mass is 35.5. The molecule has 0 atom stereocenters. The van der Waals surface area contributed by atoms with Crippen molar-refractivity contribution in [2.75, 3.05) is 5.32 Å². The maximum absolute atomic E-state index is 11.8. The lowest BCUT2D eigenvalue weighted by atomic mass is 10.1. The van der Waals surface area contributed by atoms with E-state index in [4.69, 9.17) is 16.7 Å². The summed E-state index contributed by atoms with van der Waals surface area (Å²) in [6.45, 7) is 0. The Morgan fingerprint density at radius 3 is 2.59 bits per heavy atom. The molecule has 0 fully saturated rings. The Kier molecular flexibility index (Phi) is 5.30. The molecule has 2 N–H and O–H groups in total. The second-order valence-corrected chi connectivity index (χ2v) is 5.80. The highest BCUT2D eigenvalue weighted by molar-refractivity contribution is 7.12. The quantitative estimate of drug-likeness (QED) is 0.787. The van der Waals surface area contributed by atoms with Crippen LogP contribution in [0.5, 0.6) is 0 Å². The Morgan fingerprint density at radius 1 is 1.18 bits per heavy atom. The zero-order chi connectivity index (χ0) is 16.1. The number of halogens is 1. The number of carbonyl (C=O) groups is 3. The molecule has 2 rings (SSSR count). The van der Waals surface area contributed by atoms with E-state index in [-0.39, 0.29) is 35.1 Å². The fraction of sp³-hybridized carbons (Fsp3) is 0.133. The first kappa shape index (κ1) is 16.2. The third-order valence-electron chi connectivity index (χ3n) is 2.86. The lowest BCUT2D eigenvalue weighted by molar-refractivity contribution is -0.116. The molecule has 114 valence electrons. The van der Waals surface area contributed by atoms with Gasteiger partial charge in [0.15, 0.2) is 5.78 Å². The predicted octanol–water partition coefficient (Wildman–Crippen LogP) is 3.70. The van der Waals surface area contributed by atoms with Crippen LogP contribution in [0.2, 0.25) is 5.02 Å². The van der Waals surface area contributed by atoms with E-state index in [2.05, 4.69) is 5.32 Å². The Labute approximate surface area is 135 Å². The Morgan fingerprint density at radius 2 is 1.95 bits per heavy atom. The van der Waals surface area contributed by atoms with Gasteiger partial charge in [0.05, 0.1) is 15.5 Å². The van der Waals surface area contributed by atoms with Crippen LogP contribution >= 0.6 is 22.9 Å². The van der Waals surface area contributed by atoms with Crippen LogP contribution in [0.4, 0.5) is 5.69 Å². The van der Waals surface area contributed by atoms with E-state index in [1.54, 1.807) is 17.5 Å². The first-order chi connectivity index (χ1) is 10.5. The highest BCUT2D eigenvalue weighted by Gasteiger charge is 2.13. The van der Waals surface area contributed by atoms with E-state index in [0.717, 1.165) is 0 Å². The minimum Gasteiger partial charge on any atom is -0.478 e. The van der Waals surface area contributed by atoms with Gasteiger partial charge in [-0.3, -0.25) is 9.59 Å². The number of ketones is 1. The normalized spacial score (nSPS) is 10.2. The number of carbonyl (C=O) groups excluding carboxylic acids is 2. The van der Waals surface area contributed by atoms with Crippen LogP contribution in [0, 0.1) is 0 Å². The number of rotatable bonds is 6. The van der Waals surface area contributed by atoms with Crippen LogP contribution in [0.1, 0.15) is 32.9 Å². The van der Waals surface area contributed by atoms with Crippen molar-refractivity contribution in [1.82, 2.24) is 0 Å². The van der Waals surface area contributed by atoms with E-state index in [0.29, 0.717) is 10.6 Å². The first-order valence-corrected chi connectivity index (χ1v) is 7.62. The van der Waals surface area contributed by atoms with Crippen molar-refractivity contribution in [3.63, 3.8) is 0 Å². The van der Waals surface area contributed by atoms with Gasteiger partial charge in [0, 0.05) is 18.5 Å². The maximum atomic E-state index is 11.8. The molecule has 2 aromatic rings. The summed E-state index contributed by atoms with van der Waals surface area (Å²) in [6.07, 6.45) is 0.132. The molecular weight excluding hydrogens is 326 g/mol. The van der Waals surface area contributed by atoms with Gasteiger partial charge in [-0.15, -0.1) is 11.3 Å². The zero-order valence-corrected chi connectivity index (χ0v) is 12.9. The Hall–Kier alpha value is -2.18. The average molecular weight is 338 g/mol. The summed E-state index contributed by atoms with van der Waals surface area (Å²) in [4.78, 5) is 35.2. The monoisotopic (exact) mass is 337 g/mol. The van der Waals surface area contributed by atoms with Gasteiger partial charge in [0.2, 0.25) is 5.91 Å². The van der Waals surface area contributed by atoms with E-state index >= 15 is 0 Å². The standard InChI is InChI=1S/C15H12ClNO4S/c16-11-4-3-9(8-10(11)15(20)21)17-14(19)6-5-12(18)13-2-1-7-22-13/h1-4,7-8H,5-6H2,(H,17,19)(H,20,21). The van der Waals surface area contributed by atoms with E-state index in [1.807, 2.05) is 0 Å². The van der Waals surface area contributed by atoms with Crippen LogP contribution in [0.15, 0.2) is 35.7 Å². The van der Waals surface area contributed by atoms with Crippen molar-refractivity contribution in [2.24, 2.45) is 0 Å². The Balaban J connectivity index is 1.93. The summed E-state index contributed by atoms with van der Waals surface area (Å²) in [5.41, 5.74) is 0.240. The number of aromatic carboxylic acids is 1. The molecule has 7 heteroatoms. The summed E-state index contributed by atoms with van der Waals surface area (Å²) < 4.78 is 0. The number of anilines is 1. The number of benzene rings is 1. The van der Waals surface area contributed by atoms with Crippen LogP contribution in [0.3, 0.4) is 0 Å². The zero-order valence-electron chi connectivity index (χ0n) is 11.3. The molecule has 22 heavy (non-hydrogen) atoms. The van der Waals surface area contributed by atoms with E-state index in [9.17, 15) is 14.4 Å². The molecule has 0 radical (unpaired) electrons. The second kappa shape index (κ2) is 7.20. The molecule has 0 saturated carbocycles. The molecule has 0 unspecified atom stereocenters. The Bertz CT molecular complexity index is 712. The number of Topliss-reactive ketones (excluding diaryl/α,β-unsaturated/α-hetero) is 1. The third kappa shape index (κ3) is 4.16. The minimum absolute atomic E-state index is 0.0295. The van der Waals surface area contributed by atoms with Crippen LogP contribution in [-0.4, -0.2) is 22.8 Å². The van der Waals surface area contributed by atoms with Crippen molar-refractivity contribution in [2.45, 2.75) is 12.8 Å². The van der Waals surface area contributed by atoms with Crippen molar-refractivity contribution >= 4 is 46.3 Å². The number of hydrogen-bond acceptors (Lipinski definition) is 4. The predicted molar refractivity (Wildman–Crippen MR) is 84.9 cm³/mol. The number of carboxylic acids is 1. The van der Waals surface area contributed by atoms with Crippen molar-refractivity contribution in [3.8, 4) is 0 Å². The molecule has 0 spiro atoms. The third-order valence-corrected chi connectivity index (χ3v) is 4.10. The van der Waals surface area contributed by atoms with E-state index < -0.39 is 5.97 Å². The largest absolute Gasteiger partial charge is 0.478 e. The van der Waals surface area contributed by atoms with Gasteiger partial charge in [-0.1, -0.05) is 17.7 Å². The van der Waals surface area contributed by atoms with Gasteiger partial charge in [-0.2, -0.15) is 0 Å². The van der Waals surface area contributed by atoms with Crippen molar-refractivity contribution < 1.29 is 19.5 Å².